The lowest BCUT2D eigenvalue weighted by Crippen LogP contribution is -2.29. The quantitative estimate of drug-likeness (QED) is 0.0156. The van der Waals surface area contributed by atoms with Crippen molar-refractivity contribution in [2.75, 3.05) is 13.2 Å². The second-order valence-electron chi connectivity index (χ2n) is 14.4. The number of ether oxygens (including phenoxy) is 2. The highest BCUT2D eigenvalue weighted by Gasteiger charge is 2.23. The largest absolute Gasteiger partial charge is 0.469 e. The number of hydrogen-bond acceptors (Lipinski definition) is 7. The van der Waals surface area contributed by atoms with Crippen LogP contribution in [0.1, 0.15) is 194 Å². The molecule has 0 aliphatic rings. The van der Waals surface area contributed by atoms with Gasteiger partial charge in [-0.1, -0.05) is 178 Å². The summed E-state index contributed by atoms with van der Waals surface area (Å²) in [6.07, 6.45) is 44.1. The predicted octanol–water partition coefficient (Wildman–Crippen LogP) is 12.3. The molecule has 0 heterocycles. The van der Waals surface area contributed by atoms with Gasteiger partial charge in [-0.05, 0) is 44.6 Å². The summed E-state index contributed by atoms with van der Waals surface area (Å²) in [6, 6.07) is 0. The van der Waals surface area contributed by atoms with Crippen LogP contribution in [0.15, 0.2) is 48.6 Å². The molecule has 312 valence electrons. The molecule has 0 saturated carbocycles. The van der Waals surface area contributed by atoms with Crippen LogP contribution in [0.2, 0.25) is 0 Å². The number of phosphoric acid groups is 1. The number of ketones is 1. The molecule has 0 spiro atoms. The Labute approximate surface area is 329 Å². The number of carbonyl (C=O) groups excluding carboxylic acids is 3. The molecule has 1 atom stereocenters. The van der Waals surface area contributed by atoms with E-state index in [9.17, 15) is 18.9 Å². The first-order chi connectivity index (χ1) is 26.2. The predicted molar refractivity (Wildman–Crippen MR) is 221 cm³/mol. The molecule has 0 aromatic rings. The van der Waals surface area contributed by atoms with Crippen molar-refractivity contribution >= 4 is 25.5 Å². The zero-order valence-corrected chi connectivity index (χ0v) is 35.0. The van der Waals surface area contributed by atoms with Crippen LogP contribution in [0.5, 0.6) is 0 Å². The Morgan fingerprint density at radius 2 is 1.02 bits per heavy atom. The van der Waals surface area contributed by atoms with Crippen LogP contribution in [0.25, 0.3) is 0 Å². The maximum absolute atomic E-state index is 12.4. The van der Waals surface area contributed by atoms with Gasteiger partial charge in [0.15, 0.2) is 11.9 Å². The minimum absolute atomic E-state index is 0.0765. The van der Waals surface area contributed by atoms with E-state index in [1.165, 1.54) is 115 Å². The monoisotopic (exact) mass is 781 g/mol. The fourth-order valence-corrected chi connectivity index (χ4v) is 6.22. The third-order valence-electron chi connectivity index (χ3n) is 9.08. The average molecular weight is 781 g/mol. The van der Waals surface area contributed by atoms with Gasteiger partial charge in [-0.3, -0.25) is 18.9 Å². The maximum atomic E-state index is 12.4. The van der Waals surface area contributed by atoms with Crippen LogP contribution < -0.4 is 0 Å². The number of phosphoric ester groups is 1. The third kappa shape index (κ3) is 40.9. The van der Waals surface area contributed by atoms with Gasteiger partial charge < -0.3 is 19.3 Å². The van der Waals surface area contributed by atoms with Crippen molar-refractivity contribution in [2.45, 2.75) is 200 Å². The lowest BCUT2D eigenvalue weighted by atomic mass is 10.0. The molecule has 2 N–H and O–H groups in total. The van der Waals surface area contributed by atoms with E-state index in [4.69, 9.17) is 19.3 Å². The molecule has 0 aromatic carbocycles. The van der Waals surface area contributed by atoms with Crippen molar-refractivity contribution in [1.29, 1.82) is 0 Å². The van der Waals surface area contributed by atoms with E-state index in [0.29, 0.717) is 6.42 Å². The average Bonchev–Trinajstić information content (AvgIpc) is 3.13. The molecule has 0 bridgehead atoms. The second kappa shape index (κ2) is 38.9. The number of allylic oxidation sites excluding steroid dienone is 8. The smallest absolute Gasteiger partial charge is 0.462 e. The Balaban J connectivity index is 4.08. The molecule has 9 nitrogen and oxygen atoms in total. The molecule has 0 aromatic heterocycles. The summed E-state index contributed by atoms with van der Waals surface area (Å²) in [5.41, 5.74) is 0. The Morgan fingerprint density at radius 1 is 0.537 bits per heavy atom. The minimum Gasteiger partial charge on any atom is -0.462 e. The normalized spacial score (nSPS) is 12.8. The molecule has 0 unspecified atom stereocenters. The van der Waals surface area contributed by atoms with E-state index in [1.54, 1.807) is 6.08 Å². The molecular formula is C44H77O9P. The molecule has 0 fully saturated rings. The van der Waals surface area contributed by atoms with Crippen LogP contribution >= 0.6 is 7.82 Å². The summed E-state index contributed by atoms with van der Waals surface area (Å²) < 4.78 is 26.2. The molecule has 0 amide bonds. The number of rotatable bonds is 39. The zero-order valence-electron chi connectivity index (χ0n) is 34.1. The molecule has 0 rings (SSSR count). The Hall–Kier alpha value is -2.32. The van der Waals surface area contributed by atoms with Gasteiger partial charge in [-0.15, -0.1) is 0 Å². The Kier molecular flexibility index (Phi) is 37.3. The molecule has 0 aliphatic carbocycles. The van der Waals surface area contributed by atoms with Gasteiger partial charge >= 0.3 is 19.8 Å². The number of unbranched alkanes of at least 4 members (excludes halogenated alkanes) is 20. The van der Waals surface area contributed by atoms with Gasteiger partial charge in [-0.25, -0.2) is 4.57 Å². The van der Waals surface area contributed by atoms with Gasteiger partial charge in [0.2, 0.25) is 0 Å². The highest BCUT2D eigenvalue weighted by molar-refractivity contribution is 7.46. The second-order valence-corrected chi connectivity index (χ2v) is 15.6. The molecule has 0 aliphatic heterocycles. The van der Waals surface area contributed by atoms with Crippen LogP contribution in [0.4, 0.5) is 0 Å². The number of hydrogen-bond donors (Lipinski definition) is 2. The van der Waals surface area contributed by atoms with Crippen LogP contribution in [-0.2, 0) is 32.9 Å². The van der Waals surface area contributed by atoms with Crippen molar-refractivity contribution in [2.24, 2.45) is 0 Å². The van der Waals surface area contributed by atoms with Crippen LogP contribution in [0, 0.1) is 0 Å². The van der Waals surface area contributed by atoms with Gasteiger partial charge in [0.05, 0.1) is 6.61 Å². The SMILES string of the molecule is CCCCC/C=C\C/C=C\C/C=C\C=C\C(=O)CCCC(=O)O[C@H](COC(=O)CCCCCCCCCCCCCCCCCCCC)COP(=O)(O)O. The lowest BCUT2D eigenvalue weighted by Gasteiger charge is -2.18. The molecule has 0 radical (unpaired) electrons. The standard InChI is InChI=1S/C44H77O9P/c1-3-5-7-9-11-13-15-17-18-19-20-21-23-25-27-29-31-33-37-43(46)51-39-42(40-52-54(48,49)50)53-44(47)38-34-36-41(45)35-32-30-28-26-24-22-16-14-12-10-8-6-4-2/h12,14,22,24,28,30,32,35,42H,3-11,13,15-21,23,25-27,29,31,33-34,36-40H2,1-2H3,(H2,48,49,50)/b14-12-,24-22-,30-28-,35-32+/t42-/m1/s1. The summed E-state index contributed by atoms with van der Waals surface area (Å²) in [6.45, 7) is 3.47. The van der Waals surface area contributed by atoms with Crippen LogP contribution in [-0.4, -0.2) is 46.8 Å². The summed E-state index contributed by atoms with van der Waals surface area (Å²) >= 11 is 0. The third-order valence-corrected chi connectivity index (χ3v) is 9.56. The number of esters is 2. The summed E-state index contributed by atoms with van der Waals surface area (Å²) in [7, 11) is -4.82. The van der Waals surface area contributed by atoms with E-state index < -0.39 is 32.5 Å². The summed E-state index contributed by atoms with van der Waals surface area (Å²) in [4.78, 5) is 55.0. The first kappa shape index (κ1) is 51.7. The molecule has 10 heteroatoms. The van der Waals surface area contributed by atoms with Crippen molar-refractivity contribution in [3.63, 3.8) is 0 Å². The summed E-state index contributed by atoms with van der Waals surface area (Å²) in [5.74, 6) is -1.27. The van der Waals surface area contributed by atoms with Crippen molar-refractivity contribution in [3.8, 4) is 0 Å². The first-order valence-electron chi connectivity index (χ1n) is 21.4. The van der Waals surface area contributed by atoms with Crippen molar-refractivity contribution in [3.05, 3.63) is 48.6 Å². The molecule has 0 saturated heterocycles. The van der Waals surface area contributed by atoms with Gasteiger partial charge in [0.25, 0.3) is 0 Å². The summed E-state index contributed by atoms with van der Waals surface area (Å²) in [5, 5.41) is 0. The molecular weight excluding hydrogens is 703 g/mol. The minimum atomic E-state index is -4.82. The van der Waals surface area contributed by atoms with E-state index in [-0.39, 0.29) is 38.1 Å². The van der Waals surface area contributed by atoms with E-state index in [0.717, 1.165) is 38.5 Å². The maximum Gasteiger partial charge on any atom is 0.469 e. The first-order valence-corrected chi connectivity index (χ1v) is 22.9. The highest BCUT2D eigenvalue weighted by atomic mass is 31.2. The van der Waals surface area contributed by atoms with Gasteiger partial charge in [-0.2, -0.15) is 0 Å². The van der Waals surface area contributed by atoms with Crippen LogP contribution in [0.3, 0.4) is 0 Å². The highest BCUT2D eigenvalue weighted by Crippen LogP contribution is 2.36. The van der Waals surface area contributed by atoms with Crippen molar-refractivity contribution in [1.82, 2.24) is 0 Å². The topological polar surface area (TPSA) is 136 Å². The Bertz CT molecular complexity index is 1080. The Morgan fingerprint density at radius 3 is 1.57 bits per heavy atom. The fraction of sp³-hybridized carbons (Fsp3) is 0.750. The van der Waals surface area contributed by atoms with Gasteiger partial charge in [0.1, 0.15) is 6.61 Å². The molecule has 54 heavy (non-hydrogen) atoms. The number of carbonyl (C=O) groups is 3. The van der Waals surface area contributed by atoms with E-state index in [2.05, 4.69) is 42.7 Å². The van der Waals surface area contributed by atoms with Crippen molar-refractivity contribution < 1.29 is 42.7 Å². The lowest BCUT2D eigenvalue weighted by molar-refractivity contribution is -0.161. The van der Waals surface area contributed by atoms with E-state index in [1.807, 2.05) is 12.2 Å². The fourth-order valence-electron chi connectivity index (χ4n) is 5.86. The van der Waals surface area contributed by atoms with E-state index >= 15 is 0 Å². The zero-order chi connectivity index (χ0) is 39.8. The van der Waals surface area contributed by atoms with Gasteiger partial charge in [0, 0.05) is 19.3 Å².